The van der Waals surface area contributed by atoms with Crippen molar-refractivity contribution in [1.82, 2.24) is 0 Å². The molecule has 2 rings (SSSR count). The molecule has 94 valence electrons. The first kappa shape index (κ1) is 12.8. The summed E-state index contributed by atoms with van der Waals surface area (Å²) in [7, 11) is 0. The summed E-state index contributed by atoms with van der Waals surface area (Å²) in [6.45, 7) is 4.18. The van der Waals surface area contributed by atoms with Crippen LogP contribution in [-0.4, -0.2) is 5.11 Å². The zero-order valence-corrected chi connectivity index (χ0v) is 11.0. The van der Waals surface area contributed by atoms with Crippen molar-refractivity contribution in [3.8, 4) is 0 Å². The van der Waals surface area contributed by atoms with Crippen LogP contribution < -0.4 is 0 Å². The van der Waals surface area contributed by atoms with Gasteiger partial charge >= 0.3 is 0 Å². The Bertz CT molecular complexity index is 490. The molecule has 0 bridgehead atoms. The average Bonchev–Trinajstić information content (AvgIpc) is 2.41. The zero-order chi connectivity index (χ0) is 13.0. The average molecular weight is 240 g/mol. The number of hydrogen-bond acceptors (Lipinski definition) is 1. The van der Waals surface area contributed by atoms with E-state index in [9.17, 15) is 5.11 Å². The summed E-state index contributed by atoms with van der Waals surface area (Å²) < 4.78 is 0. The molecule has 0 saturated heterocycles. The monoisotopic (exact) mass is 240 g/mol. The SMILES string of the molecule is CCC(c1ccccc1)C(O)c1cccc(C)c1. The molecule has 0 aliphatic rings. The lowest BCUT2D eigenvalue weighted by atomic mass is 9.87. The number of hydrogen-bond donors (Lipinski definition) is 1. The van der Waals surface area contributed by atoms with Crippen molar-refractivity contribution in [1.29, 1.82) is 0 Å². The highest BCUT2D eigenvalue weighted by Crippen LogP contribution is 2.33. The Morgan fingerprint density at radius 2 is 1.61 bits per heavy atom. The molecule has 0 saturated carbocycles. The van der Waals surface area contributed by atoms with Gasteiger partial charge in [0.25, 0.3) is 0 Å². The van der Waals surface area contributed by atoms with Crippen molar-refractivity contribution in [2.75, 3.05) is 0 Å². The molecule has 0 aliphatic heterocycles. The molecule has 0 radical (unpaired) electrons. The number of aryl methyl sites for hydroxylation is 1. The van der Waals surface area contributed by atoms with E-state index >= 15 is 0 Å². The molecule has 2 atom stereocenters. The van der Waals surface area contributed by atoms with Crippen LogP contribution in [-0.2, 0) is 0 Å². The van der Waals surface area contributed by atoms with Gasteiger partial charge in [-0.25, -0.2) is 0 Å². The number of benzene rings is 2. The summed E-state index contributed by atoms with van der Waals surface area (Å²) in [5.74, 6) is 0.160. The molecular weight excluding hydrogens is 220 g/mol. The fraction of sp³-hybridized carbons (Fsp3) is 0.294. The van der Waals surface area contributed by atoms with E-state index in [4.69, 9.17) is 0 Å². The normalized spacial score (nSPS) is 14.2. The quantitative estimate of drug-likeness (QED) is 0.848. The van der Waals surface area contributed by atoms with E-state index in [0.717, 1.165) is 12.0 Å². The Kier molecular flexibility index (Phi) is 4.16. The first-order valence-electron chi connectivity index (χ1n) is 6.52. The lowest BCUT2D eigenvalue weighted by Crippen LogP contribution is -2.10. The van der Waals surface area contributed by atoms with Crippen LogP contribution in [0, 0.1) is 6.92 Å². The summed E-state index contributed by atoms with van der Waals surface area (Å²) >= 11 is 0. The Hall–Kier alpha value is -1.60. The summed E-state index contributed by atoms with van der Waals surface area (Å²) in [5, 5.41) is 10.6. The smallest absolute Gasteiger partial charge is 0.0858 e. The van der Waals surface area contributed by atoms with Crippen molar-refractivity contribution in [3.63, 3.8) is 0 Å². The predicted molar refractivity (Wildman–Crippen MR) is 75.6 cm³/mol. The van der Waals surface area contributed by atoms with Crippen molar-refractivity contribution >= 4 is 0 Å². The third kappa shape index (κ3) is 2.80. The lowest BCUT2D eigenvalue weighted by Gasteiger charge is -2.22. The van der Waals surface area contributed by atoms with E-state index in [1.165, 1.54) is 11.1 Å². The molecule has 1 nitrogen and oxygen atoms in total. The van der Waals surface area contributed by atoms with Crippen LogP contribution in [0.4, 0.5) is 0 Å². The van der Waals surface area contributed by atoms with Crippen LogP contribution in [0.15, 0.2) is 54.6 Å². The summed E-state index contributed by atoms with van der Waals surface area (Å²) in [6.07, 6.45) is 0.497. The Labute approximate surface area is 109 Å². The highest BCUT2D eigenvalue weighted by molar-refractivity contribution is 5.29. The van der Waals surface area contributed by atoms with Gasteiger partial charge < -0.3 is 5.11 Å². The molecule has 2 aromatic rings. The second kappa shape index (κ2) is 5.83. The van der Waals surface area contributed by atoms with Gasteiger partial charge in [0.1, 0.15) is 0 Å². The number of rotatable bonds is 4. The van der Waals surface area contributed by atoms with Gasteiger partial charge in [0.15, 0.2) is 0 Å². The third-order valence-electron chi connectivity index (χ3n) is 3.43. The summed E-state index contributed by atoms with van der Waals surface area (Å²) in [4.78, 5) is 0. The van der Waals surface area contributed by atoms with E-state index in [1.807, 2.05) is 30.3 Å². The van der Waals surface area contributed by atoms with Crippen LogP contribution in [0.2, 0.25) is 0 Å². The minimum Gasteiger partial charge on any atom is -0.388 e. The Balaban J connectivity index is 2.28. The second-order valence-electron chi connectivity index (χ2n) is 4.78. The topological polar surface area (TPSA) is 20.2 Å². The van der Waals surface area contributed by atoms with Crippen LogP contribution in [0.25, 0.3) is 0 Å². The summed E-state index contributed by atoms with van der Waals surface area (Å²) in [5.41, 5.74) is 3.40. The van der Waals surface area contributed by atoms with Crippen LogP contribution >= 0.6 is 0 Å². The maximum absolute atomic E-state index is 10.6. The van der Waals surface area contributed by atoms with Gasteiger partial charge in [-0.15, -0.1) is 0 Å². The highest BCUT2D eigenvalue weighted by atomic mass is 16.3. The van der Waals surface area contributed by atoms with E-state index < -0.39 is 6.10 Å². The van der Waals surface area contributed by atoms with Gasteiger partial charge in [-0.05, 0) is 24.5 Å². The van der Waals surface area contributed by atoms with Gasteiger partial charge in [0, 0.05) is 5.92 Å². The fourth-order valence-corrected chi connectivity index (χ4v) is 2.43. The van der Waals surface area contributed by atoms with Crippen LogP contribution in [0.3, 0.4) is 0 Å². The zero-order valence-electron chi connectivity index (χ0n) is 11.0. The molecular formula is C17H20O. The van der Waals surface area contributed by atoms with Gasteiger partial charge in [-0.3, -0.25) is 0 Å². The maximum Gasteiger partial charge on any atom is 0.0858 e. The van der Waals surface area contributed by atoms with Gasteiger partial charge in [-0.2, -0.15) is 0 Å². The molecule has 0 spiro atoms. The molecule has 2 aromatic carbocycles. The van der Waals surface area contributed by atoms with Crippen molar-refractivity contribution < 1.29 is 5.11 Å². The first-order valence-corrected chi connectivity index (χ1v) is 6.52. The number of aliphatic hydroxyl groups is 1. The minimum atomic E-state index is -0.433. The molecule has 1 heteroatoms. The van der Waals surface area contributed by atoms with E-state index in [-0.39, 0.29) is 5.92 Å². The van der Waals surface area contributed by atoms with Crippen molar-refractivity contribution in [3.05, 3.63) is 71.3 Å². The van der Waals surface area contributed by atoms with E-state index in [1.54, 1.807) is 0 Å². The maximum atomic E-state index is 10.6. The van der Waals surface area contributed by atoms with Crippen molar-refractivity contribution in [2.24, 2.45) is 0 Å². The molecule has 0 fully saturated rings. The van der Waals surface area contributed by atoms with Gasteiger partial charge in [0.05, 0.1) is 6.10 Å². The van der Waals surface area contributed by atoms with E-state index in [0.29, 0.717) is 0 Å². The lowest BCUT2D eigenvalue weighted by molar-refractivity contribution is 0.142. The van der Waals surface area contributed by atoms with Crippen LogP contribution in [0.1, 0.15) is 42.1 Å². The van der Waals surface area contributed by atoms with Crippen molar-refractivity contribution in [2.45, 2.75) is 32.3 Å². The Morgan fingerprint density at radius 3 is 2.22 bits per heavy atom. The van der Waals surface area contributed by atoms with Crippen LogP contribution in [0.5, 0.6) is 0 Å². The molecule has 1 N–H and O–H groups in total. The molecule has 0 amide bonds. The minimum absolute atomic E-state index is 0.160. The highest BCUT2D eigenvalue weighted by Gasteiger charge is 2.20. The largest absolute Gasteiger partial charge is 0.388 e. The predicted octanol–water partition coefficient (Wildman–Crippen LogP) is 4.22. The Morgan fingerprint density at radius 1 is 0.944 bits per heavy atom. The molecule has 0 aliphatic carbocycles. The molecule has 0 heterocycles. The first-order chi connectivity index (χ1) is 8.72. The molecule has 2 unspecified atom stereocenters. The van der Waals surface area contributed by atoms with Gasteiger partial charge in [0.2, 0.25) is 0 Å². The second-order valence-corrected chi connectivity index (χ2v) is 4.78. The van der Waals surface area contributed by atoms with E-state index in [2.05, 4.69) is 38.1 Å². The third-order valence-corrected chi connectivity index (χ3v) is 3.43. The summed E-state index contributed by atoms with van der Waals surface area (Å²) in [6, 6.07) is 18.4. The van der Waals surface area contributed by atoms with Gasteiger partial charge in [-0.1, -0.05) is 67.1 Å². The number of aliphatic hydroxyl groups excluding tert-OH is 1. The molecule has 0 aromatic heterocycles. The molecule has 18 heavy (non-hydrogen) atoms. The standard InChI is InChI=1S/C17H20O/c1-3-16(14-9-5-4-6-10-14)17(18)15-11-7-8-13(2)12-15/h4-12,16-18H,3H2,1-2H3. The fourth-order valence-electron chi connectivity index (χ4n) is 2.43.